The molecule has 0 saturated carbocycles. The summed E-state index contributed by atoms with van der Waals surface area (Å²) >= 11 is 0. The molecule has 0 N–H and O–H groups in total. The molecule has 35 heavy (non-hydrogen) atoms. The van der Waals surface area contributed by atoms with Gasteiger partial charge >= 0.3 is 26.2 Å². The Hall–Kier alpha value is -0.0169. The Morgan fingerprint density at radius 1 is 0.514 bits per heavy atom. The molecule has 0 heterocycles. The molecule has 0 bridgehead atoms. The summed E-state index contributed by atoms with van der Waals surface area (Å²) < 4.78 is 0. The Balaban J connectivity index is 0.000000608. The summed E-state index contributed by atoms with van der Waals surface area (Å²) in [5.41, 5.74) is 3.08. The van der Waals surface area contributed by atoms with Gasteiger partial charge in [0.1, 0.15) is 0 Å². The molecule has 5 heteroatoms. The fourth-order valence-corrected chi connectivity index (χ4v) is 10.9. The predicted molar refractivity (Wildman–Crippen MR) is 153 cm³/mol. The number of benzene rings is 2. The van der Waals surface area contributed by atoms with E-state index in [9.17, 15) is 0 Å². The molecular weight excluding hydrogens is 584 g/mol. The van der Waals surface area contributed by atoms with Crippen LogP contribution in [-0.4, -0.2) is 22.6 Å². The molecule has 188 valence electrons. The van der Waals surface area contributed by atoms with Gasteiger partial charge in [0.15, 0.2) is 0 Å². The van der Waals surface area contributed by atoms with Gasteiger partial charge in [-0.05, 0) is 22.6 Å². The van der Waals surface area contributed by atoms with Crippen LogP contribution in [0.25, 0.3) is 21.5 Å². The molecule has 0 atom stereocenters. The van der Waals surface area contributed by atoms with Crippen LogP contribution in [0.3, 0.4) is 0 Å². The number of hydrogen-bond donors (Lipinski definition) is 0. The molecule has 0 radical (unpaired) electrons. The molecular formula is C30H40Cl2P2Zr. The summed E-state index contributed by atoms with van der Waals surface area (Å²) in [6, 6.07) is 26.9. The first-order valence-electron chi connectivity index (χ1n) is 12.1. The van der Waals surface area contributed by atoms with Crippen LogP contribution in [0.5, 0.6) is 0 Å². The molecule has 0 unspecified atom stereocenters. The summed E-state index contributed by atoms with van der Waals surface area (Å²) in [7, 11) is -0.0412. The van der Waals surface area contributed by atoms with Crippen LogP contribution in [0, 0.1) is 0 Å². The van der Waals surface area contributed by atoms with Gasteiger partial charge in [0.25, 0.3) is 0 Å². The van der Waals surface area contributed by atoms with Crippen molar-refractivity contribution in [2.75, 3.05) is 0 Å². The van der Waals surface area contributed by atoms with Gasteiger partial charge in [-0.3, -0.25) is 0 Å². The minimum atomic E-state index is -0.0206. The van der Waals surface area contributed by atoms with E-state index in [0.717, 1.165) is 22.6 Å². The molecule has 0 amide bonds. The largest absolute Gasteiger partial charge is 4.00 e. The van der Waals surface area contributed by atoms with E-state index < -0.39 is 0 Å². The summed E-state index contributed by atoms with van der Waals surface area (Å²) in [5, 5.41) is 8.72. The number of halogens is 2. The van der Waals surface area contributed by atoms with Crippen LogP contribution in [0.15, 0.2) is 72.8 Å². The summed E-state index contributed by atoms with van der Waals surface area (Å²) in [6.07, 6.45) is 0. The molecule has 0 aromatic heterocycles. The van der Waals surface area contributed by atoms with E-state index in [-0.39, 0.29) is 66.9 Å². The van der Waals surface area contributed by atoms with Crippen LogP contribution >= 0.6 is 15.8 Å². The summed E-state index contributed by atoms with van der Waals surface area (Å²) in [5.74, 6) is 0. The van der Waals surface area contributed by atoms with E-state index in [1.165, 1.54) is 21.5 Å². The monoisotopic (exact) mass is 622 g/mol. The van der Waals surface area contributed by atoms with E-state index >= 15 is 0 Å². The second-order valence-electron chi connectivity index (χ2n) is 9.87. The van der Waals surface area contributed by atoms with Gasteiger partial charge in [-0.15, -0.1) is 80.7 Å². The van der Waals surface area contributed by atoms with E-state index in [2.05, 4.69) is 128 Å². The fraction of sp³-hybridized carbons (Fsp3) is 0.400. The van der Waals surface area contributed by atoms with Gasteiger partial charge in [0.05, 0.1) is 0 Å². The maximum atomic E-state index is 2.39. The molecule has 4 rings (SSSR count). The average Bonchev–Trinajstić information content (AvgIpc) is 3.30. The molecule has 0 nitrogen and oxygen atoms in total. The van der Waals surface area contributed by atoms with Gasteiger partial charge in [0.2, 0.25) is 0 Å². The minimum absolute atomic E-state index is 0. The molecule has 0 fully saturated rings. The minimum Gasteiger partial charge on any atom is -1.00 e. The van der Waals surface area contributed by atoms with Crippen molar-refractivity contribution in [3.8, 4) is 0 Å². The van der Waals surface area contributed by atoms with Gasteiger partial charge < -0.3 is 24.8 Å². The van der Waals surface area contributed by atoms with Crippen molar-refractivity contribution in [1.82, 2.24) is 0 Å². The van der Waals surface area contributed by atoms with Gasteiger partial charge in [0, 0.05) is 0 Å². The van der Waals surface area contributed by atoms with Crippen LogP contribution in [0.1, 0.15) is 55.4 Å². The molecule has 0 spiro atoms. The maximum absolute atomic E-state index is 2.39. The SMILES string of the molecule is CC(C)P(c1cc2ccccc2[cH-]1)C(C)C.CC(C)P(c1cc2ccccc2[cH-]1)C(C)C.[Cl-].[Cl-].[Zr+4]. The van der Waals surface area contributed by atoms with Crippen LogP contribution in [-0.2, 0) is 26.2 Å². The zero-order valence-electron chi connectivity index (χ0n) is 22.4. The van der Waals surface area contributed by atoms with E-state index in [4.69, 9.17) is 0 Å². The third-order valence-electron chi connectivity index (χ3n) is 6.03. The Kier molecular flexibility index (Phi) is 16.0. The Morgan fingerprint density at radius 2 is 0.800 bits per heavy atom. The van der Waals surface area contributed by atoms with Crippen molar-refractivity contribution >= 4 is 48.0 Å². The number of hydrogen-bond acceptors (Lipinski definition) is 0. The molecule has 0 aliphatic carbocycles. The van der Waals surface area contributed by atoms with Gasteiger partial charge in [-0.2, -0.15) is 12.1 Å². The smallest absolute Gasteiger partial charge is 1.00 e. The van der Waals surface area contributed by atoms with Crippen molar-refractivity contribution in [3.63, 3.8) is 0 Å². The van der Waals surface area contributed by atoms with Crippen LogP contribution in [0.2, 0.25) is 0 Å². The Labute approximate surface area is 248 Å². The van der Waals surface area contributed by atoms with Crippen molar-refractivity contribution in [2.45, 2.75) is 78.0 Å². The van der Waals surface area contributed by atoms with E-state index in [1.54, 1.807) is 10.6 Å². The second kappa shape index (κ2) is 16.1. The normalized spacial score (nSPS) is 11.1. The molecule has 0 aliphatic heterocycles. The Bertz CT molecular complexity index is 956. The van der Waals surface area contributed by atoms with Crippen LogP contribution < -0.4 is 35.4 Å². The number of rotatable bonds is 6. The van der Waals surface area contributed by atoms with Gasteiger partial charge in [-0.25, -0.2) is 0 Å². The molecule has 4 aromatic carbocycles. The number of fused-ring (bicyclic) bond motifs is 2. The first kappa shape index (κ1) is 35.0. The quantitative estimate of drug-likeness (QED) is 0.229. The molecule has 0 aliphatic rings. The third-order valence-corrected chi connectivity index (χ3v) is 12.2. The standard InChI is InChI=1S/2C15H20P.2ClH.Zr/c2*1-11(2)16(12(3)4)15-9-13-7-5-6-8-14(13)10-15;;;/h2*5-12H,1-4H3;2*1H;/q2*-1;;;+4/p-2. The zero-order valence-corrected chi connectivity index (χ0v) is 28.1. The summed E-state index contributed by atoms with van der Waals surface area (Å²) in [6.45, 7) is 18.8. The van der Waals surface area contributed by atoms with Crippen molar-refractivity contribution in [3.05, 3.63) is 72.8 Å². The first-order chi connectivity index (χ1) is 15.2. The summed E-state index contributed by atoms with van der Waals surface area (Å²) in [4.78, 5) is 0. The molecule has 4 aromatic rings. The van der Waals surface area contributed by atoms with E-state index in [1.807, 2.05) is 0 Å². The predicted octanol–water partition coefficient (Wildman–Crippen LogP) is 2.97. The first-order valence-corrected chi connectivity index (χ1v) is 15.0. The van der Waals surface area contributed by atoms with Crippen molar-refractivity contribution in [2.24, 2.45) is 0 Å². The maximum Gasteiger partial charge on any atom is 4.00 e. The van der Waals surface area contributed by atoms with Crippen molar-refractivity contribution < 1.29 is 51.0 Å². The average molecular weight is 625 g/mol. The van der Waals surface area contributed by atoms with Gasteiger partial charge in [-0.1, -0.05) is 83.4 Å². The van der Waals surface area contributed by atoms with Crippen LogP contribution in [0.4, 0.5) is 0 Å². The van der Waals surface area contributed by atoms with Crippen molar-refractivity contribution in [1.29, 1.82) is 0 Å². The third kappa shape index (κ3) is 9.05. The topological polar surface area (TPSA) is 0 Å². The fourth-order valence-electron chi connectivity index (χ4n) is 4.95. The second-order valence-corrected chi connectivity index (χ2v) is 16.7. The van der Waals surface area contributed by atoms with E-state index in [0.29, 0.717) is 0 Å². The molecule has 0 saturated heterocycles. The zero-order chi connectivity index (χ0) is 23.4. The Morgan fingerprint density at radius 3 is 1.06 bits per heavy atom.